The zero-order chi connectivity index (χ0) is 12.4. The molecule has 0 heterocycles. The molecule has 0 N–H and O–H groups in total. The number of hydrogen-bond donors (Lipinski definition) is 0. The molecule has 0 atom stereocenters. The molecule has 0 spiro atoms. The molecule has 0 radical (unpaired) electrons. The molecule has 1 rings (SSSR count). The fourth-order valence-corrected chi connectivity index (χ4v) is 0.958. The third-order valence-electron chi connectivity index (χ3n) is 1.60. The van der Waals surface area contributed by atoms with Crippen molar-refractivity contribution in [3.8, 4) is 5.75 Å². The lowest BCUT2D eigenvalue weighted by Crippen LogP contribution is -2.03. The maximum absolute atomic E-state index is 11.1. The van der Waals surface area contributed by atoms with Gasteiger partial charge in [0.05, 0.1) is 12.7 Å². The summed E-state index contributed by atoms with van der Waals surface area (Å²) >= 11 is 0. The maximum atomic E-state index is 11.1. The number of benzene rings is 1. The van der Waals surface area contributed by atoms with Crippen LogP contribution in [0.15, 0.2) is 24.3 Å². The van der Waals surface area contributed by atoms with E-state index in [0.29, 0.717) is 11.3 Å². The second-order valence-electron chi connectivity index (χ2n) is 2.57. The van der Waals surface area contributed by atoms with Crippen molar-refractivity contribution in [1.82, 2.24) is 0 Å². The van der Waals surface area contributed by atoms with Crippen LogP contribution in [0.4, 0.5) is 0 Å². The minimum atomic E-state index is -0.382. The van der Waals surface area contributed by atoms with E-state index in [4.69, 9.17) is 9.47 Å². The van der Waals surface area contributed by atoms with Crippen LogP contribution in [-0.4, -0.2) is 27.0 Å². The second-order valence-corrected chi connectivity index (χ2v) is 2.57. The lowest BCUT2D eigenvalue weighted by atomic mass is 10.2. The van der Waals surface area contributed by atoms with Crippen molar-refractivity contribution in [2.45, 2.75) is 13.8 Å². The average Bonchev–Trinajstić information content (AvgIpc) is 2.38. The highest BCUT2D eigenvalue weighted by Crippen LogP contribution is 2.13. The molecule has 0 unspecified atom stereocenters. The number of methoxy groups -OCH3 is 2. The summed E-state index contributed by atoms with van der Waals surface area (Å²) in [6.07, 6.45) is 0. The van der Waals surface area contributed by atoms with Gasteiger partial charge < -0.3 is 14.2 Å². The Morgan fingerprint density at radius 3 is 2.50 bits per heavy atom. The zero-order valence-electron chi connectivity index (χ0n) is 10.1. The van der Waals surface area contributed by atoms with Gasteiger partial charge in [-0.1, -0.05) is 19.9 Å². The quantitative estimate of drug-likeness (QED) is 0.584. The van der Waals surface area contributed by atoms with Gasteiger partial charge in [0, 0.05) is 7.11 Å². The van der Waals surface area contributed by atoms with Crippen LogP contribution in [0.1, 0.15) is 24.2 Å². The molecule has 0 aliphatic heterocycles. The summed E-state index contributed by atoms with van der Waals surface area (Å²) in [4.78, 5) is 11.1. The highest BCUT2D eigenvalue weighted by atomic mass is 16.7. The van der Waals surface area contributed by atoms with Crippen molar-refractivity contribution in [3.63, 3.8) is 0 Å². The molecule has 90 valence electrons. The minimum Gasteiger partial charge on any atom is -0.468 e. The van der Waals surface area contributed by atoms with Crippen molar-refractivity contribution in [2.75, 3.05) is 21.0 Å². The summed E-state index contributed by atoms with van der Waals surface area (Å²) in [5.41, 5.74) is 0.459. The molecule has 4 heteroatoms. The van der Waals surface area contributed by atoms with Crippen LogP contribution in [0, 0.1) is 0 Å². The third-order valence-corrected chi connectivity index (χ3v) is 1.60. The lowest BCUT2D eigenvalue weighted by Gasteiger charge is -2.05. The first-order valence-corrected chi connectivity index (χ1v) is 5.08. The van der Waals surface area contributed by atoms with Crippen LogP contribution < -0.4 is 4.74 Å². The van der Waals surface area contributed by atoms with Crippen molar-refractivity contribution in [3.05, 3.63) is 29.8 Å². The van der Waals surface area contributed by atoms with Gasteiger partial charge in [-0.3, -0.25) is 0 Å². The van der Waals surface area contributed by atoms with Crippen molar-refractivity contribution in [2.24, 2.45) is 0 Å². The Balaban J connectivity index is 0.00000106. The Morgan fingerprint density at radius 1 is 1.25 bits per heavy atom. The molecule has 1 aromatic carbocycles. The number of ether oxygens (including phenoxy) is 3. The average molecular weight is 226 g/mol. The molecular weight excluding hydrogens is 208 g/mol. The third kappa shape index (κ3) is 4.79. The monoisotopic (exact) mass is 226 g/mol. The molecule has 0 aliphatic carbocycles. The van der Waals surface area contributed by atoms with E-state index in [1.54, 1.807) is 24.3 Å². The number of rotatable bonds is 4. The fraction of sp³-hybridized carbons (Fsp3) is 0.417. The molecule has 0 amide bonds. The van der Waals surface area contributed by atoms with Gasteiger partial charge in [-0.15, -0.1) is 0 Å². The van der Waals surface area contributed by atoms with Gasteiger partial charge in [-0.2, -0.15) is 0 Å². The zero-order valence-corrected chi connectivity index (χ0v) is 10.1. The Bertz CT molecular complexity index is 310. The van der Waals surface area contributed by atoms with E-state index in [1.165, 1.54) is 14.2 Å². The van der Waals surface area contributed by atoms with Gasteiger partial charge in [0.25, 0.3) is 0 Å². The van der Waals surface area contributed by atoms with Crippen LogP contribution in [0.2, 0.25) is 0 Å². The minimum absolute atomic E-state index is 0.157. The van der Waals surface area contributed by atoms with E-state index in [0.717, 1.165) is 0 Å². The van der Waals surface area contributed by atoms with Crippen molar-refractivity contribution in [1.29, 1.82) is 0 Å². The first-order chi connectivity index (χ1) is 7.77. The topological polar surface area (TPSA) is 44.8 Å². The van der Waals surface area contributed by atoms with E-state index < -0.39 is 0 Å². The van der Waals surface area contributed by atoms with Crippen LogP contribution >= 0.6 is 0 Å². The summed E-state index contributed by atoms with van der Waals surface area (Å²) in [6.45, 7) is 4.16. The SMILES string of the molecule is CC.COCOc1cccc(C(=O)OC)c1. The highest BCUT2D eigenvalue weighted by Gasteiger charge is 2.05. The van der Waals surface area contributed by atoms with Crippen LogP contribution in [0.3, 0.4) is 0 Å². The van der Waals surface area contributed by atoms with E-state index in [1.807, 2.05) is 13.8 Å². The van der Waals surface area contributed by atoms with Gasteiger partial charge in [0.1, 0.15) is 5.75 Å². The highest BCUT2D eigenvalue weighted by molar-refractivity contribution is 5.89. The first-order valence-electron chi connectivity index (χ1n) is 5.08. The Morgan fingerprint density at radius 2 is 1.94 bits per heavy atom. The van der Waals surface area contributed by atoms with Gasteiger partial charge in [-0.05, 0) is 18.2 Å². The molecule has 4 nitrogen and oxygen atoms in total. The van der Waals surface area contributed by atoms with Crippen molar-refractivity contribution >= 4 is 5.97 Å². The van der Waals surface area contributed by atoms with Crippen LogP contribution in [-0.2, 0) is 9.47 Å². The largest absolute Gasteiger partial charge is 0.468 e. The number of carbonyl (C=O) groups is 1. The molecule has 0 bridgehead atoms. The molecular formula is C12H18O4. The van der Waals surface area contributed by atoms with Gasteiger partial charge in [0.2, 0.25) is 0 Å². The summed E-state index contributed by atoms with van der Waals surface area (Å²) in [7, 11) is 2.87. The summed E-state index contributed by atoms with van der Waals surface area (Å²) in [5, 5.41) is 0. The normalized spacial score (nSPS) is 8.75. The predicted molar refractivity (Wildman–Crippen MR) is 61.6 cm³/mol. The molecule has 1 aromatic rings. The summed E-state index contributed by atoms with van der Waals surface area (Å²) in [5.74, 6) is 0.197. The van der Waals surface area contributed by atoms with E-state index >= 15 is 0 Å². The number of hydrogen-bond acceptors (Lipinski definition) is 4. The summed E-state index contributed by atoms with van der Waals surface area (Å²) < 4.78 is 14.5. The maximum Gasteiger partial charge on any atom is 0.337 e. The Labute approximate surface area is 96.1 Å². The molecule has 0 saturated heterocycles. The van der Waals surface area contributed by atoms with Gasteiger partial charge in [0.15, 0.2) is 6.79 Å². The standard InChI is InChI=1S/C10H12O4.C2H6/c1-12-7-14-9-5-3-4-8(6-9)10(11)13-2;1-2/h3-6H,7H2,1-2H3;1-2H3. The molecule has 0 fully saturated rings. The van der Waals surface area contributed by atoms with E-state index in [9.17, 15) is 4.79 Å². The van der Waals surface area contributed by atoms with Gasteiger partial charge >= 0.3 is 5.97 Å². The van der Waals surface area contributed by atoms with Crippen LogP contribution in [0.25, 0.3) is 0 Å². The second kappa shape index (κ2) is 8.73. The molecule has 0 aliphatic rings. The molecule has 0 aromatic heterocycles. The summed E-state index contributed by atoms with van der Waals surface area (Å²) in [6, 6.07) is 6.72. The lowest BCUT2D eigenvalue weighted by molar-refractivity contribution is 0.0504. The number of esters is 1. The fourth-order valence-electron chi connectivity index (χ4n) is 0.958. The smallest absolute Gasteiger partial charge is 0.337 e. The molecule has 0 saturated carbocycles. The van der Waals surface area contributed by atoms with E-state index in [2.05, 4.69) is 4.74 Å². The number of carbonyl (C=O) groups excluding carboxylic acids is 1. The van der Waals surface area contributed by atoms with Gasteiger partial charge in [-0.25, -0.2) is 4.79 Å². The first kappa shape index (κ1) is 14.5. The predicted octanol–water partition coefficient (Wildman–Crippen LogP) is 2.48. The Kier molecular flexibility index (Phi) is 7.89. The Hall–Kier alpha value is -1.55. The molecule has 16 heavy (non-hydrogen) atoms. The van der Waals surface area contributed by atoms with Crippen molar-refractivity contribution < 1.29 is 19.0 Å². The van der Waals surface area contributed by atoms with E-state index in [-0.39, 0.29) is 12.8 Å². The van der Waals surface area contributed by atoms with Crippen LogP contribution in [0.5, 0.6) is 5.75 Å².